The third-order valence-corrected chi connectivity index (χ3v) is 3.59. The van der Waals surface area contributed by atoms with Gasteiger partial charge in [-0.1, -0.05) is 80.3 Å². The predicted molar refractivity (Wildman–Crippen MR) is 107 cm³/mol. The molecular formula is C23H32O. The van der Waals surface area contributed by atoms with Crippen molar-refractivity contribution in [3.05, 3.63) is 85.3 Å². The molecule has 1 fully saturated rings. The van der Waals surface area contributed by atoms with E-state index < -0.39 is 0 Å². The van der Waals surface area contributed by atoms with Crippen molar-refractivity contribution in [1.29, 1.82) is 0 Å². The molecule has 0 aliphatic carbocycles. The minimum Gasteiger partial charge on any atom is -0.491 e. The largest absolute Gasteiger partial charge is 0.491 e. The van der Waals surface area contributed by atoms with Crippen LogP contribution in [-0.2, 0) is 4.74 Å². The van der Waals surface area contributed by atoms with Crippen LogP contribution < -0.4 is 0 Å². The SMILES string of the molecule is C=C1CCC(/C=C/C=C\C/C=C\C/C=C\C/C=C\C/C=C\CC)O1. The molecule has 1 atom stereocenters. The molecule has 1 heterocycles. The van der Waals surface area contributed by atoms with E-state index in [1.165, 1.54) is 0 Å². The summed E-state index contributed by atoms with van der Waals surface area (Å²) in [6.07, 6.45) is 33.6. The molecular weight excluding hydrogens is 292 g/mol. The molecule has 130 valence electrons. The highest BCUT2D eigenvalue weighted by Crippen LogP contribution is 2.21. The van der Waals surface area contributed by atoms with Crippen LogP contribution in [0.1, 0.15) is 51.9 Å². The molecule has 0 spiro atoms. The fourth-order valence-electron chi connectivity index (χ4n) is 2.27. The summed E-state index contributed by atoms with van der Waals surface area (Å²) in [7, 11) is 0. The van der Waals surface area contributed by atoms with Crippen LogP contribution in [0.2, 0.25) is 0 Å². The third kappa shape index (κ3) is 11.5. The summed E-state index contributed by atoms with van der Waals surface area (Å²) < 4.78 is 5.54. The van der Waals surface area contributed by atoms with E-state index >= 15 is 0 Å². The lowest BCUT2D eigenvalue weighted by Gasteiger charge is -2.02. The number of rotatable bonds is 11. The second-order valence-corrected chi connectivity index (χ2v) is 5.78. The molecule has 1 saturated heterocycles. The van der Waals surface area contributed by atoms with Crippen molar-refractivity contribution in [3.8, 4) is 0 Å². The van der Waals surface area contributed by atoms with Gasteiger partial charge in [0.15, 0.2) is 0 Å². The van der Waals surface area contributed by atoms with Gasteiger partial charge in [0.25, 0.3) is 0 Å². The molecule has 1 unspecified atom stereocenters. The van der Waals surface area contributed by atoms with E-state index in [4.69, 9.17) is 4.74 Å². The van der Waals surface area contributed by atoms with E-state index in [1.54, 1.807) is 0 Å². The average molecular weight is 325 g/mol. The van der Waals surface area contributed by atoms with Gasteiger partial charge in [-0.15, -0.1) is 0 Å². The van der Waals surface area contributed by atoms with Gasteiger partial charge >= 0.3 is 0 Å². The lowest BCUT2D eigenvalue weighted by atomic mass is 10.2. The van der Waals surface area contributed by atoms with Gasteiger partial charge in [0.05, 0.1) is 5.76 Å². The van der Waals surface area contributed by atoms with E-state index in [0.29, 0.717) is 0 Å². The zero-order valence-corrected chi connectivity index (χ0v) is 15.1. The lowest BCUT2D eigenvalue weighted by molar-refractivity contribution is 0.203. The van der Waals surface area contributed by atoms with Gasteiger partial charge in [-0.25, -0.2) is 0 Å². The summed E-state index contributed by atoms with van der Waals surface area (Å²) in [6, 6.07) is 0. The maximum absolute atomic E-state index is 5.54. The Labute approximate surface area is 148 Å². The molecule has 0 bridgehead atoms. The van der Waals surface area contributed by atoms with Crippen molar-refractivity contribution >= 4 is 0 Å². The molecule has 0 aromatic rings. The van der Waals surface area contributed by atoms with E-state index in [1.807, 2.05) is 0 Å². The Morgan fingerprint density at radius 2 is 1.38 bits per heavy atom. The van der Waals surface area contributed by atoms with Gasteiger partial charge in [0.2, 0.25) is 0 Å². The topological polar surface area (TPSA) is 9.23 Å². The Kier molecular flexibility index (Phi) is 12.2. The maximum atomic E-state index is 5.54. The van der Waals surface area contributed by atoms with E-state index in [-0.39, 0.29) is 6.10 Å². The molecule has 0 aromatic carbocycles. The Balaban J connectivity index is 2.00. The van der Waals surface area contributed by atoms with Gasteiger partial charge in [-0.2, -0.15) is 0 Å². The average Bonchev–Trinajstić information content (AvgIpc) is 3.00. The molecule has 24 heavy (non-hydrogen) atoms. The number of hydrogen-bond donors (Lipinski definition) is 0. The van der Waals surface area contributed by atoms with Crippen molar-refractivity contribution in [2.75, 3.05) is 0 Å². The first-order chi connectivity index (χ1) is 11.8. The van der Waals surface area contributed by atoms with Crippen LogP contribution in [0.15, 0.2) is 85.3 Å². The van der Waals surface area contributed by atoms with Crippen LogP contribution in [0, 0.1) is 0 Å². The van der Waals surface area contributed by atoms with Crippen LogP contribution in [0.3, 0.4) is 0 Å². The van der Waals surface area contributed by atoms with Crippen molar-refractivity contribution in [2.24, 2.45) is 0 Å². The second-order valence-electron chi connectivity index (χ2n) is 5.78. The minimum absolute atomic E-state index is 0.222. The molecule has 0 N–H and O–H groups in total. The van der Waals surface area contributed by atoms with Gasteiger partial charge in [-0.05, 0) is 44.6 Å². The minimum atomic E-state index is 0.222. The summed E-state index contributed by atoms with van der Waals surface area (Å²) in [5, 5.41) is 0. The van der Waals surface area contributed by atoms with Crippen LogP contribution in [0.25, 0.3) is 0 Å². The summed E-state index contributed by atoms with van der Waals surface area (Å²) in [6.45, 7) is 5.99. The second kappa shape index (κ2) is 14.6. The van der Waals surface area contributed by atoms with Crippen molar-refractivity contribution in [3.63, 3.8) is 0 Å². The van der Waals surface area contributed by atoms with Crippen LogP contribution in [-0.4, -0.2) is 6.10 Å². The molecule has 0 saturated carbocycles. The van der Waals surface area contributed by atoms with Crippen LogP contribution in [0.4, 0.5) is 0 Å². The Bertz CT molecular complexity index is 500. The summed E-state index contributed by atoms with van der Waals surface area (Å²) in [5.74, 6) is 0.911. The number of hydrogen-bond acceptors (Lipinski definition) is 1. The fourth-order valence-corrected chi connectivity index (χ4v) is 2.27. The maximum Gasteiger partial charge on any atom is 0.117 e. The van der Waals surface area contributed by atoms with Crippen molar-refractivity contribution in [1.82, 2.24) is 0 Å². The van der Waals surface area contributed by atoms with Crippen molar-refractivity contribution < 1.29 is 4.74 Å². The Morgan fingerprint density at radius 1 is 0.833 bits per heavy atom. The van der Waals surface area contributed by atoms with Gasteiger partial charge in [0.1, 0.15) is 6.10 Å². The predicted octanol–water partition coefficient (Wildman–Crippen LogP) is 6.99. The fraction of sp³-hybridized carbons (Fsp3) is 0.391. The highest BCUT2D eigenvalue weighted by Gasteiger charge is 2.14. The molecule has 0 amide bonds. The quantitative estimate of drug-likeness (QED) is 0.294. The highest BCUT2D eigenvalue weighted by atomic mass is 16.5. The van der Waals surface area contributed by atoms with E-state index in [0.717, 1.165) is 50.7 Å². The van der Waals surface area contributed by atoms with Crippen LogP contribution >= 0.6 is 0 Å². The van der Waals surface area contributed by atoms with Crippen molar-refractivity contribution in [2.45, 2.75) is 58.0 Å². The van der Waals surface area contributed by atoms with E-state index in [2.05, 4.69) is 86.4 Å². The molecule has 0 radical (unpaired) electrons. The summed E-state index contributed by atoms with van der Waals surface area (Å²) in [4.78, 5) is 0. The van der Waals surface area contributed by atoms with Gasteiger partial charge in [-0.3, -0.25) is 0 Å². The highest BCUT2D eigenvalue weighted by molar-refractivity contribution is 5.09. The standard InChI is InChI=1S/C23H32O/c1-3-4-5-6-7-8-9-10-11-12-13-14-15-16-17-18-19-23-21-20-22(2)24-23/h4-5,7-8,10-11,13-14,16-19,23H,2-3,6,9,12,15,20-21H2,1H3/b5-4-,8-7-,11-10-,14-13-,17-16-,19-18+. The first kappa shape index (κ1) is 20.0. The Morgan fingerprint density at radius 3 is 1.88 bits per heavy atom. The zero-order chi connectivity index (χ0) is 17.3. The van der Waals surface area contributed by atoms with Crippen LogP contribution in [0.5, 0.6) is 0 Å². The molecule has 1 nitrogen and oxygen atoms in total. The van der Waals surface area contributed by atoms with Gasteiger partial charge in [0, 0.05) is 6.42 Å². The zero-order valence-electron chi connectivity index (χ0n) is 15.1. The normalized spacial score (nSPS) is 19.4. The summed E-state index contributed by atoms with van der Waals surface area (Å²) in [5.41, 5.74) is 0. The molecule has 0 aromatic heterocycles. The Hall–Kier alpha value is -2.02. The molecule has 1 aliphatic heterocycles. The monoisotopic (exact) mass is 324 g/mol. The summed E-state index contributed by atoms with van der Waals surface area (Å²) >= 11 is 0. The molecule has 1 rings (SSSR count). The smallest absolute Gasteiger partial charge is 0.117 e. The number of ether oxygens (including phenoxy) is 1. The first-order valence-electron chi connectivity index (χ1n) is 9.10. The number of allylic oxidation sites excluding steroid dienone is 12. The lowest BCUT2D eigenvalue weighted by Crippen LogP contribution is -1.97. The van der Waals surface area contributed by atoms with E-state index in [9.17, 15) is 0 Å². The molecule has 1 heteroatoms. The first-order valence-corrected chi connectivity index (χ1v) is 9.10. The third-order valence-electron chi connectivity index (χ3n) is 3.59. The van der Waals surface area contributed by atoms with Gasteiger partial charge < -0.3 is 4.74 Å². The molecule has 1 aliphatic rings.